The van der Waals surface area contributed by atoms with Crippen molar-refractivity contribution in [3.8, 4) is 11.5 Å². The lowest BCUT2D eigenvalue weighted by molar-refractivity contribution is -0.134. The number of hydrogen-bond donors (Lipinski definition) is 3. The van der Waals surface area contributed by atoms with Gasteiger partial charge in [0.15, 0.2) is 0 Å². The van der Waals surface area contributed by atoms with Gasteiger partial charge >= 0.3 is 5.97 Å². The van der Waals surface area contributed by atoms with Crippen LogP contribution in [-0.4, -0.2) is 49.9 Å². The van der Waals surface area contributed by atoms with Gasteiger partial charge < -0.3 is 19.5 Å². The summed E-state index contributed by atoms with van der Waals surface area (Å²) in [5.74, 6) is -2.32. The van der Waals surface area contributed by atoms with E-state index >= 15 is 0 Å². The summed E-state index contributed by atoms with van der Waals surface area (Å²) < 4.78 is 64.6. The number of fused-ring (bicyclic) bond motifs is 1. The highest BCUT2D eigenvalue weighted by Crippen LogP contribution is 2.61. The van der Waals surface area contributed by atoms with Crippen LogP contribution in [0.4, 0.5) is 20.2 Å². The molecule has 0 saturated heterocycles. The van der Waals surface area contributed by atoms with E-state index in [0.717, 1.165) is 18.4 Å². The number of ether oxygens (including phenoxy) is 2. The first kappa shape index (κ1) is 32.6. The van der Waals surface area contributed by atoms with E-state index in [1.54, 1.807) is 29.6 Å². The molecule has 232 valence electrons. The summed E-state index contributed by atoms with van der Waals surface area (Å²) in [5.41, 5.74) is 1.97. The van der Waals surface area contributed by atoms with Gasteiger partial charge in [-0.2, -0.15) is 8.70 Å². The topological polar surface area (TPSA) is 103 Å². The summed E-state index contributed by atoms with van der Waals surface area (Å²) in [6.07, 6.45) is 2.87. The Morgan fingerprint density at radius 1 is 1.12 bits per heavy atom. The van der Waals surface area contributed by atoms with E-state index in [1.165, 1.54) is 30.0 Å². The molecule has 1 aliphatic heterocycles. The molecule has 1 unspecified atom stereocenters. The van der Waals surface area contributed by atoms with Gasteiger partial charge in [-0.1, -0.05) is 38.8 Å². The molecule has 0 amide bonds. The van der Waals surface area contributed by atoms with Crippen molar-refractivity contribution in [2.45, 2.75) is 55.5 Å². The van der Waals surface area contributed by atoms with Crippen LogP contribution >= 0.6 is 22.5 Å². The van der Waals surface area contributed by atoms with Gasteiger partial charge in [0.05, 0.1) is 17.7 Å². The normalized spacial score (nSPS) is 17.6. The Hall–Kier alpha value is -3.29. The molecule has 0 spiro atoms. The van der Waals surface area contributed by atoms with Crippen molar-refractivity contribution in [2.24, 2.45) is 0 Å². The third kappa shape index (κ3) is 7.63. The second kappa shape index (κ2) is 14.5. The minimum atomic E-state index is -3.70. The van der Waals surface area contributed by atoms with Gasteiger partial charge in [-0.3, -0.25) is 9.11 Å². The van der Waals surface area contributed by atoms with Crippen molar-refractivity contribution in [1.29, 1.82) is 0 Å². The summed E-state index contributed by atoms with van der Waals surface area (Å²) in [6, 6.07) is 16.2. The fraction of sp³-hybridized carbons (Fsp3) is 0.323. The molecule has 0 aromatic heterocycles. The largest absolute Gasteiger partial charge is 0.497 e. The predicted octanol–water partition coefficient (Wildman–Crippen LogP) is 8.46. The van der Waals surface area contributed by atoms with Crippen LogP contribution < -0.4 is 14.4 Å². The molecular formula is C31H36F2N2O6S2. The highest BCUT2D eigenvalue weighted by molar-refractivity contribution is 8.22. The number of methoxy groups -OCH3 is 1. The van der Waals surface area contributed by atoms with Gasteiger partial charge in [-0.05, 0) is 60.2 Å². The highest BCUT2D eigenvalue weighted by Gasteiger charge is 2.40. The summed E-state index contributed by atoms with van der Waals surface area (Å²) in [7, 11) is -2.13. The third-order valence-corrected chi connectivity index (χ3v) is 9.98. The standard InChI is InChI=1S/C31H36F2N2O6S2/c1-4-6-7-24-19-34(23-12-10-22(32)11-13-23)27-16-29(42-5-2)28(41-20-26(33)31(36)37)17-30(27)43(38,39)35(24)18-21-8-14-25(40-3)15-9-21/h8-17,20,24,38-39H,4-7,18-19H2,1-3H3,(H,36,37)/b26-20-. The van der Waals surface area contributed by atoms with E-state index in [9.17, 15) is 22.7 Å². The molecule has 1 heterocycles. The van der Waals surface area contributed by atoms with Gasteiger partial charge in [-0.25, -0.2) is 9.18 Å². The Morgan fingerprint density at radius 3 is 2.42 bits per heavy atom. The fourth-order valence-electron chi connectivity index (χ4n) is 4.89. The van der Waals surface area contributed by atoms with E-state index < -0.39 is 28.4 Å². The van der Waals surface area contributed by atoms with Gasteiger partial charge in [-0.15, -0.1) is 22.5 Å². The van der Waals surface area contributed by atoms with Crippen molar-refractivity contribution >= 4 is 39.9 Å². The summed E-state index contributed by atoms with van der Waals surface area (Å²) >= 11 is 1.37. The Balaban J connectivity index is 1.93. The molecule has 3 aromatic rings. The van der Waals surface area contributed by atoms with Crippen LogP contribution in [0.25, 0.3) is 0 Å². The van der Waals surface area contributed by atoms with E-state index in [0.29, 0.717) is 47.0 Å². The molecule has 0 aliphatic carbocycles. The lowest BCUT2D eigenvalue weighted by Gasteiger charge is -2.45. The molecule has 0 bridgehead atoms. The number of carboxylic acids is 1. The number of rotatable bonds is 12. The molecule has 1 aliphatic rings. The first-order valence-electron chi connectivity index (χ1n) is 13.9. The zero-order valence-corrected chi connectivity index (χ0v) is 25.8. The number of hydrogen-bond acceptors (Lipinski definition) is 8. The molecule has 8 nitrogen and oxygen atoms in total. The number of carboxylic acid groups (broad SMARTS) is 1. The lowest BCUT2D eigenvalue weighted by Crippen LogP contribution is -2.41. The SMILES string of the molecule is CCCCC1CN(c2ccc(F)cc2)c2cc(SCC)c(O/C=C(\F)C(=O)O)cc2S(O)(O)N1Cc1ccc(OC)cc1. The first-order chi connectivity index (χ1) is 20.6. The molecule has 3 aromatic carbocycles. The second-order valence-electron chi connectivity index (χ2n) is 9.91. The molecule has 3 N–H and O–H groups in total. The number of nitrogens with zero attached hydrogens (tertiary/aromatic N) is 2. The zero-order valence-electron chi connectivity index (χ0n) is 24.2. The second-order valence-corrected chi connectivity index (χ2v) is 13.2. The number of thioether (sulfide) groups is 1. The van der Waals surface area contributed by atoms with Crippen LogP contribution in [0.1, 0.15) is 38.7 Å². The molecule has 43 heavy (non-hydrogen) atoms. The Kier molecular flexibility index (Phi) is 11.0. The van der Waals surface area contributed by atoms with Crippen molar-refractivity contribution < 1.29 is 37.3 Å². The molecule has 1 atom stereocenters. The van der Waals surface area contributed by atoms with Gasteiger partial charge in [0.25, 0.3) is 0 Å². The van der Waals surface area contributed by atoms with E-state index in [4.69, 9.17) is 14.6 Å². The number of anilines is 2. The Labute approximate surface area is 256 Å². The smallest absolute Gasteiger partial charge is 0.368 e. The molecule has 0 saturated carbocycles. The van der Waals surface area contributed by atoms with Crippen LogP contribution in [0.15, 0.2) is 82.5 Å². The number of aliphatic carboxylic acids is 1. The van der Waals surface area contributed by atoms with Crippen molar-refractivity contribution in [1.82, 2.24) is 4.31 Å². The maximum Gasteiger partial charge on any atom is 0.368 e. The Bertz CT molecular complexity index is 1440. The predicted molar refractivity (Wildman–Crippen MR) is 167 cm³/mol. The maximum absolute atomic E-state index is 14.0. The molecule has 0 radical (unpaired) electrons. The summed E-state index contributed by atoms with van der Waals surface area (Å²) in [4.78, 5) is 13.7. The van der Waals surface area contributed by atoms with Gasteiger partial charge in [0, 0.05) is 30.9 Å². The fourth-order valence-corrected chi connectivity index (χ4v) is 7.53. The average Bonchev–Trinajstić information content (AvgIpc) is 3.08. The van der Waals surface area contributed by atoms with Crippen molar-refractivity contribution in [3.63, 3.8) is 0 Å². The van der Waals surface area contributed by atoms with Gasteiger partial charge in [0.1, 0.15) is 28.5 Å². The highest BCUT2D eigenvalue weighted by atomic mass is 32.3. The summed E-state index contributed by atoms with van der Waals surface area (Å²) in [6.45, 7) is 4.55. The van der Waals surface area contributed by atoms with E-state index in [1.807, 2.05) is 36.1 Å². The Morgan fingerprint density at radius 2 is 1.81 bits per heavy atom. The number of benzene rings is 3. The monoisotopic (exact) mass is 634 g/mol. The third-order valence-electron chi connectivity index (χ3n) is 7.06. The molecule has 12 heteroatoms. The summed E-state index contributed by atoms with van der Waals surface area (Å²) in [5, 5.41) is 8.98. The van der Waals surface area contributed by atoms with Crippen LogP contribution in [0.3, 0.4) is 0 Å². The molecule has 0 fully saturated rings. The minimum Gasteiger partial charge on any atom is -0.497 e. The van der Waals surface area contributed by atoms with Crippen LogP contribution in [0.2, 0.25) is 0 Å². The van der Waals surface area contributed by atoms with E-state index in [-0.39, 0.29) is 23.2 Å². The maximum atomic E-state index is 14.0. The van der Waals surface area contributed by atoms with Crippen LogP contribution in [0, 0.1) is 5.82 Å². The quantitative estimate of drug-likeness (QED) is 0.103. The number of carbonyl (C=O) groups is 1. The first-order valence-corrected chi connectivity index (χ1v) is 16.4. The van der Waals surface area contributed by atoms with E-state index in [2.05, 4.69) is 6.92 Å². The number of halogens is 2. The number of unbranched alkanes of at least 4 members (excludes halogenated alkanes) is 1. The zero-order chi connectivity index (χ0) is 31.1. The minimum absolute atomic E-state index is 0.0810. The average molecular weight is 635 g/mol. The van der Waals surface area contributed by atoms with Crippen molar-refractivity contribution in [3.05, 3.63) is 84.1 Å². The molecular weight excluding hydrogens is 598 g/mol. The molecule has 4 rings (SSSR count). The van der Waals surface area contributed by atoms with Crippen molar-refractivity contribution in [2.75, 3.05) is 24.3 Å². The van der Waals surface area contributed by atoms with Crippen LogP contribution in [-0.2, 0) is 11.3 Å². The van der Waals surface area contributed by atoms with Crippen LogP contribution in [0.5, 0.6) is 11.5 Å². The lowest BCUT2D eigenvalue weighted by atomic mass is 10.1. The van der Waals surface area contributed by atoms with Gasteiger partial charge in [0.2, 0.25) is 5.83 Å².